The highest BCUT2D eigenvalue weighted by Gasteiger charge is 2.02. The number of benzene rings is 1. The SMILES string of the molecule is CCCCOCc1ccc(F)cc1C#CCO. The lowest BCUT2D eigenvalue weighted by Gasteiger charge is -2.06. The van der Waals surface area contributed by atoms with Crippen molar-refractivity contribution in [2.45, 2.75) is 26.4 Å². The second kappa shape index (κ2) is 7.83. The second-order valence-electron chi connectivity index (χ2n) is 3.67. The molecule has 0 heterocycles. The van der Waals surface area contributed by atoms with Gasteiger partial charge in [0.1, 0.15) is 12.4 Å². The minimum Gasteiger partial charge on any atom is -0.384 e. The lowest BCUT2D eigenvalue weighted by molar-refractivity contribution is 0.118. The highest BCUT2D eigenvalue weighted by Crippen LogP contribution is 2.12. The molecule has 0 saturated heterocycles. The Hall–Kier alpha value is -1.37. The molecule has 0 aromatic heterocycles. The van der Waals surface area contributed by atoms with Gasteiger partial charge in [0, 0.05) is 12.2 Å². The molecule has 0 bridgehead atoms. The van der Waals surface area contributed by atoms with Crippen LogP contribution in [0.3, 0.4) is 0 Å². The van der Waals surface area contributed by atoms with E-state index in [0.29, 0.717) is 18.8 Å². The Morgan fingerprint density at radius 1 is 1.41 bits per heavy atom. The summed E-state index contributed by atoms with van der Waals surface area (Å²) in [5.74, 6) is 4.91. The molecule has 0 amide bonds. The van der Waals surface area contributed by atoms with Crippen LogP contribution < -0.4 is 0 Å². The first kappa shape index (κ1) is 13.7. The van der Waals surface area contributed by atoms with E-state index in [-0.39, 0.29) is 12.4 Å². The van der Waals surface area contributed by atoms with Gasteiger partial charge in [-0.15, -0.1) is 0 Å². The maximum absolute atomic E-state index is 13.0. The van der Waals surface area contributed by atoms with E-state index in [1.165, 1.54) is 12.1 Å². The predicted molar refractivity (Wildman–Crippen MR) is 64.9 cm³/mol. The molecule has 0 atom stereocenters. The third-order valence-electron chi connectivity index (χ3n) is 2.27. The van der Waals surface area contributed by atoms with Crippen LogP contribution in [0.2, 0.25) is 0 Å². The van der Waals surface area contributed by atoms with Gasteiger partial charge >= 0.3 is 0 Å². The Balaban J connectivity index is 2.69. The second-order valence-corrected chi connectivity index (χ2v) is 3.67. The van der Waals surface area contributed by atoms with Crippen LogP contribution in [0, 0.1) is 17.7 Å². The Kier molecular flexibility index (Phi) is 6.31. The van der Waals surface area contributed by atoms with Crippen LogP contribution in [0.15, 0.2) is 18.2 Å². The van der Waals surface area contributed by atoms with Gasteiger partial charge in [-0.1, -0.05) is 31.3 Å². The highest BCUT2D eigenvalue weighted by atomic mass is 19.1. The van der Waals surface area contributed by atoms with Gasteiger partial charge in [0.2, 0.25) is 0 Å². The number of hydrogen-bond acceptors (Lipinski definition) is 2. The summed E-state index contributed by atoms with van der Waals surface area (Å²) in [6.07, 6.45) is 2.10. The number of ether oxygens (including phenoxy) is 1. The van der Waals surface area contributed by atoms with Crippen LogP contribution in [0.4, 0.5) is 4.39 Å². The fraction of sp³-hybridized carbons (Fsp3) is 0.429. The van der Waals surface area contributed by atoms with E-state index in [2.05, 4.69) is 18.8 Å². The summed E-state index contributed by atoms with van der Waals surface area (Å²) in [6, 6.07) is 4.42. The molecule has 2 nitrogen and oxygen atoms in total. The lowest BCUT2D eigenvalue weighted by atomic mass is 10.1. The Morgan fingerprint density at radius 3 is 2.94 bits per heavy atom. The third kappa shape index (κ3) is 4.99. The monoisotopic (exact) mass is 236 g/mol. The molecule has 0 aliphatic rings. The molecule has 1 aromatic rings. The van der Waals surface area contributed by atoms with E-state index in [4.69, 9.17) is 9.84 Å². The van der Waals surface area contributed by atoms with Gasteiger partial charge in [0.15, 0.2) is 0 Å². The average molecular weight is 236 g/mol. The van der Waals surface area contributed by atoms with E-state index in [9.17, 15) is 4.39 Å². The number of rotatable bonds is 5. The van der Waals surface area contributed by atoms with Gasteiger partial charge < -0.3 is 9.84 Å². The normalized spacial score (nSPS) is 9.82. The zero-order chi connectivity index (χ0) is 12.5. The molecule has 0 radical (unpaired) electrons. The van der Waals surface area contributed by atoms with Crippen LogP contribution in [-0.2, 0) is 11.3 Å². The Bertz CT molecular complexity index is 404. The van der Waals surface area contributed by atoms with Crippen molar-refractivity contribution in [1.29, 1.82) is 0 Å². The molecular formula is C14H17FO2. The molecule has 1 N–H and O–H groups in total. The quantitative estimate of drug-likeness (QED) is 0.628. The summed E-state index contributed by atoms with van der Waals surface area (Å²) in [5.41, 5.74) is 1.43. The van der Waals surface area contributed by atoms with E-state index in [1.54, 1.807) is 6.07 Å². The van der Waals surface area contributed by atoms with Crippen molar-refractivity contribution in [3.05, 3.63) is 35.1 Å². The van der Waals surface area contributed by atoms with Crippen LogP contribution in [0.5, 0.6) is 0 Å². The van der Waals surface area contributed by atoms with Crippen molar-refractivity contribution in [2.75, 3.05) is 13.2 Å². The van der Waals surface area contributed by atoms with E-state index < -0.39 is 0 Å². The van der Waals surface area contributed by atoms with Gasteiger partial charge in [0.05, 0.1) is 6.61 Å². The van der Waals surface area contributed by atoms with Crippen molar-refractivity contribution in [2.24, 2.45) is 0 Å². The Labute approximate surface area is 101 Å². The molecule has 0 fully saturated rings. The molecule has 17 heavy (non-hydrogen) atoms. The molecular weight excluding hydrogens is 219 g/mol. The first-order chi connectivity index (χ1) is 8.27. The summed E-state index contributed by atoms with van der Waals surface area (Å²) >= 11 is 0. The molecule has 1 aromatic carbocycles. The first-order valence-electron chi connectivity index (χ1n) is 5.73. The zero-order valence-corrected chi connectivity index (χ0v) is 10.0. The fourth-order valence-electron chi connectivity index (χ4n) is 1.35. The number of hydrogen-bond donors (Lipinski definition) is 1. The number of unbranched alkanes of at least 4 members (excludes halogenated alkanes) is 1. The average Bonchev–Trinajstić information content (AvgIpc) is 2.34. The summed E-state index contributed by atoms with van der Waals surface area (Å²) in [6.45, 7) is 2.99. The van der Waals surface area contributed by atoms with Gasteiger partial charge in [-0.3, -0.25) is 0 Å². The standard InChI is InChI=1S/C14H17FO2/c1-2-3-9-17-11-13-6-7-14(15)10-12(13)5-4-8-16/h6-7,10,16H,2-3,8-9,11H2,1H3. The van der Waals surface area contributed by atoms with Crippen molar-refractivity contribution in [3.8, 4) is 11.8 Å². The van der Waals surface area contributed by atoms with E-state index in [0.717, 1.165) is 18.4 Å². The van der Waals surface area contributed by atoms with Gasteiger partial charge in [-0.05, 0) is 24.1 Å². The maximum Gasteiger partial charge on any atom is 0.124 e. The van der Waals surface area contributed by atoms with Gasteiger partial charge in [-0.2, -0.15) is 0 Å². The van der Waals surface area contributed by atoms with Gasteiger partial charge in [-0.25, -0.2) is 4.39 Å². The Morgan fingerprint density at radius 2 is 2.24 bits per heavy atom. The fourth-order valence-corrected chi connectivity index (χ4v) is 1.35. The van der Waals surface area contributed by atoms with Crippen molar-refractivity contribution in [1.82, 2.24) is 0 Å². The van der Waals surface area contributed by atoms with Crippen molar-refractivity contribution in [3.63, 3.8) is 0 Å². The highest BCUT2D eigenvalue weighted by molar-refractivity contribution is 5.41. The first-order valence-corrected chi connectivity index (χ1v) is 5.73. The van der Waals surface area contributed by atoms with E-state index >= 15 is 0 Å². The molecule has 0 aliphatic carbocycles. The predicted octanol–water partition coefficient (Wildman–Crippen LogP) is 2.49. The lowest BCUT2D eigenvalue weighted by Crippen LogP contribution is -1.98. The molecule has 0 aliphatic heterocycles. The molecule has 92 valence electrons. The molecule has 0 unspecified atom stereocenters. The number of aliphatic hydroxyl groups excluding tert-OH is 1. The van der Waals surface area contributed by atoms with Crippen LogP contribution >= 0.6 is 0 Å². The summed E-state index contributed by atoms with van der Waals surface area (Å²) in [7, 11) is 0. The molecule has 3 heteroatoms. The summed E-state index contributed by atoms with van der Waals surface area (Å²) < 4.78 is 18.5. The van der Waals surface area contributed by atoms with Gasteiger partial charge in [0.25, 0.3) is 0 Å². The number of halogens is 1. The zero-order valence-electron chi connectivity index (χ0n) is 10.0. The summed E-state index contributed by atoms with van der Waals surface area (Å²) in [5, 5.41) is 8.64. The van der Waals surface area contributed by atoms with Crippen molar-refractivity contribution >= 4 is 0 Å². The third-order valence-corrected chi connectivity index (χ3v) is 2.27. The topological polar surface area (TPSA) is 29.5 Å². The van der Waals surface area contributed by atoms with Crippen LogP contribution in [0.25, 0.3) is 0 Å². The minimum absolute atomic E-state index is 0.230. The molecule has 0 saturated carbocycles. The molecule has 0 spiro atoms. The summed E-state index contributed by atoms with van der Waals surface area (Å²) in [4.78, 5) is 0. The van der Waals surface area contributed by atoms with Crippen LogP contribution in [-0.4, -0.2) is 18.3 Å². The molecule has 1 rings (SSSR count). The van der Waals surface area contributed by atoms with Crippen LogP contribution in [0.1, 0.15) is 30.9 Å². The maximum atomic E-state index is 13.0. The van der Waals surface area contributed by atoms with E-state index in [1.807, 2.05) is 0 Å². The number of aliphatic hydroxyl groups is 1. The van der Waals surface area contributed by atoms with Crippen molar-refractivity contribution < 1.29 is 14.2 Å². The minimum atomic E-state index is -0.329. The largest absolute Gasteiger partial charge is 0.384 e. The smallest absolute Gasteiger partial charge is 0.124 e.